The number of benzene rings is 2. The predicted octanol–water partition coefficient (Wildman–Crippen LogP) is 3.86. The number of nitrogens with zero attached hydrogens (tertiary/aromatic N) is 4. The molecule has 140 valence electrons. The van der Waals surface area contributed by atoms with Gasteiger partial charge in [-0.2, -0.15) is 4.68 Å². The van der Waals surface area contributed by atoms with Crippen molar-refractivity contribution in [3.63, 3.8) is 0 Å². The molecule has 1 amide bonds. The van der Waals surface area contributed by atoms with E-state index in [0.717, 1.165) is 21.4 Å². The van der Waals surface area contributed by atoms with Crippen LogP contribution < -0.4 is 10.1 Å². The van der Waals surface area contributed by atoms with E-state index in [9.17, 15) is 4.79 Å². The fraction of sp³-hybridized carbons (Fsp3) is 0.222. The van der Waals surface area contributed by atoms with Crippen LogP contribution in [-0.2, 0) is 4.79 Å². The highest BCUT2D eigenvalue weighted by Gasteiger charge is 2.15. The van der Waals surface area contributed by atoms with Gasteiger partial charge in [0.25, 0.3) is 0 Å². The molecule has 0 atom stereocenters. The third kappa shape index (κ3) is 4.86. The van der Waals surface area contributed by atoms with Gasteiger partial charge < -0.3 is 10.1 Å². The Morgan fingerprint density at radius 1 is 1.30 bits per heavy atom. The second kappa shape index (κ2) is 9.01. The van der Waals surface area contributed by atoms with Crippen molar-refractivity contribution in [3.05, 3.63) is 52.5 Å². The summed E-state index contributed by atoms with van der Waals surface area (Å²) in [7, 11) is 0. The van der Waals surface area contributed by atoms with Crippen LogP contribution >= 0.6 is 27.7 Å². The molecule has 1 N–H and O–H groups in total. The van der Waals surface area contributed by atoms with E-state index < -0.39 is 0 Å². The molecule has 0 radical (unpaired) electrons. The Morgan fingerprint density at radius 2 is 2.11 bits per heavy atom. The summed E-state index contributed by atoms with van der Waals surface area (Å²) in [4.78, 5) is 12.3. The quantitative estimate of drug-likeness (QED) is 0.553. The first kappa shape index (κ1) is 19.4. The summed E-state index contributed by atoms with van der Waals surface area (Å²) in [6, 6.07) is 13.2. The summed E-state index contributed by atoms with van der Waals surface area (Å²) in [6.07, 6.45) is 0. The molecule has 0 aliphatic carbocycles. The molecular weight excluding hydrogens is 430 g/mol. The molecular formula is C18H18BrN5O2S. The van der Waals surface area contributed by atoms with Crippen LogP contribution in [-0.4, -0.2) is 38.5 Å². The van der Waals surface area contributed by atoms with Crippen molar-refractivity contribution in [1.29, 1.82) is 0 Å². The van der Waals surface area contributed by atoms with E-state index in [1.54, 1.807) is 4.68 Å². The van der Waals surface area contributed by atoms with Gasteiger partial charge in [-0.05, 0) is 60.2 Å². The Kier molecular flexibility index (Phi) is 6.46. The summed E-state index contributed by atoms with van der Waals surface area (Å²) in [5, 5.41) is 15.2. The molecule has 0 fully saturated rings. The number of halogens is 1. The minimum Gasteiger partial charge on any atom is -0.492 e. The standard InChI is InChI=1S/C18H18BrN5O2S/c1-3-26-16-7-5-4-6-15(16)24-18(21-22-23-24)27-11-17(25)20-13-8-9-14(19)12(2)10-13/h4-10H,3,11H2,1-2H3,(H,20,25). The Balaban J connectivity index is 1.68. The Labute approximate surface area is 169 Å². The van der Waals surface area contributed by atoms with Gasteiger partial charge in [0.1, 0.15) is 11.4 Å². The number of ether oxygens (including phenoxy) is 1. The van der Waals surface area contributed by atoms with Gasteiger partial charge in [0.2, 0.25) is 11.1 Å². The number of amides is 1. The lowest BCUT2D eigenvalue weighted by Crippen LogP contribution is -2.14. The van der Waals surface area contributed by atoms with Crippen molar-refractivity contribution >= 4 is 39.3 Å². The maximum Gasteiger partial charge on any atom is 0.234 e. The largest absolute Gasteiger partial charge is 0.492 e. The smallest absolute Gasteiger partial charge is 0.234 e. The van der Waals surface area contributed by atoms with Gasteiger partial charge in [0.05, 0.1) is 12.4 Å². The van der Waals surface area contributed by atoms with E-state index in [1.807, 2.05) is 56.3 Å². The van der Waals surface area contributed by atoms with Crippen LogP contribution in [0.1, 0.15) is 12.5 Å². The number of thioether (sulfide) groups is 1. The maximum absolute atomic E-state index is 12.3. The van der Waals surface area contributed by atoms with Crippen molar-refractivity contribution in [2.75, 3.05) is 17.7 Å². The molecule has 2 aromatic carbocycles. The molecule has 0 bridgehead atoms. The minimum atomic E-state index is -0.130. The summed E-state index contributed by atoms with van der Waals surface area (Å²) >= 11 is 4.71. The summed E-state index contributed by atoms with van der Waals surface area (Å²) in [5.74, 6) is 0.741. The number of para-hydroxylation sites is 2. The molecule has 1 heterocycles. The lowest BCUT2D eigenvalue weighted by molar-refractivity contribution is -0.113. The second-order valence-corrected chi connectivity index (χ2v) is 7.37. The third-order valence-corrected chi connectivity index (χ3v) is 5.42. The molecule has 9 heteroatoms. The van der Waals surface area contributed by atoms with E-state index in [0.29, 0.717) is 17.5 Å². The van der Waals surface area contributed by atoms with Gasteiger partial charge in [-0.15, -0.1) is 5.10 Å². The number of tetrazole rings is 1. The van der Waals surface area contributed by atoms with E-state index in [4.69, 9.17) is 4.74 Å². The molecule has 0 unspecified atom stereocenters. The predicted molar refractivity (Wildman–Crippen MR) is 109 cm³/mol. The van der Waals surface area contributed by atoms with Crippen LogP contribution in [0.4, 0.5) is 5.69 Å². The van der Waals surface area contributed by atoms with Gasteiger partial charge in [-0.3, -0.25) is 4.79 Å². The first-order chi connectivity index (χ1) is 13.1. The number of hydrogen-bond donors (Lipinski definition) is 1. The summed E-state index contributed by atoms with van der Waals surface area (Å²) in [6.45, 7) is 4.43. The number of aromatic nitrogens is 4. The first-order valence-corrected chi connectivity index (χ1v) is 10.1. The van der Waals surface area contributed by atoms with E-state index >= 15 is 0 Å². The van der Waals surface area contributed by atoms with E-state index in [1.165, 1.54) is 11.8 Å². The minimum absolute atomic E-state index is 0.130. The Hall–Kier alpha value is -2.39. The zero-order chi connectivity index (χ0) is 19.2. The Morgan fingerprint density at radius 3 is 2.89 bits per heavy atom. The number of rotatable bonds is 7. The van der Waals surface area contributed by atoms with Crippen LogP contribution in [0.3, 0.4) is 0 Å². The van der Waals surface area contributed by atoms with Gasteiger partial charge in [-0.1, -0.05) is 39.8 Å². The number of aryl methyl sites for hydroxylation is 1. The highest BCUT2D eigenvalue weighted by atomic mass is 79.9. The highest BCUT2D eigenvalue weighted by molar-refractivity contribution is 9.10. The molecule has 27 heavy (non-hydrogen) atoms. The number of nitrogens with one attached hydrogen (secondary N) is 1. The van der Waals surface area contributed by atoms with Crippen molar-refractivity contribution in [2.45, 2.75) is 19.0 Å². The number of carbonyl (C=O) groups is 1. The molecule has 3 rings (SSSR count). The molecule has 0 saturated heterocycles. The lowest BCUT2D eigenvalue weighted by Gasteiger charge is -2.10. The SMILES string of the molecule is CCOc1ccccc1-n1nnnc1SCC(=O)Nc1ccc(Br)c(C)c1. The topological polar surface area (TPSA) is 81.9 Å². The molecule has 1 aromatic heterocycles. The third-order valence-electron chi connectivity index (χ3n) is 3.61. The fourth-order valence-corrected chi connectivity index (χ4v) is 3.31. The molecule has 0 aliphatic heterocycles. The number of hydrogen-bond acceptors (Lipinski definition) is 6. The van der Waals surface area contributed by atoms with E-state index in [-0.39, 0.29) is 11.7 Å². The highest BCUT2D eigenvalue weighted by Crippen LogP contribution is 2.26. The van der Waals surface area contributed by atoms with Crippen molar-refractivity contribution in [2.24, 2.45) is 0 Å². The second-order valence-electron chi connectivity index (χ2n) is 5.57. The average Bonchev–Trinajstić information content (AvgIpc) is 3.12. The summed E-state index contributed by atoms with van der Waals surface area (Å²) in [5.41, 5.74) is 2.54. The fourth-order valence-electron chi connectivity index (χ4n) is 2.38. The normalized spacial score (nSPS) is 10.6. The Bertz CT molecular complexity index is 947. The molecule has 0 spiro atoms. The van der Waals surface area contributed by atoms with E-state index in [2.05, 4.69) is 36.8 Å². The van der Waals surface area contributed by atoms with Crippen molar-refractivity contribution in [3.8, 4) is 11.4 Å². The molecule has 7 nitrogen and oxygen atoms in total. The van der Waals surface area contributed by atoms with Crippen LogP contribution in [0, 0.1) is 6.92 Å². The molecule has 0 aliphatic rings. The zero-order valence-electron chi connectivity index (χ0n) is 14.8. The molecule has 0 saturated carbocycles. The van der Waals surface area contributed by atoms with Gasteiger partial charge in [-0.25, -0.2) is 0 Å². The van der Waals surface area contributed by atoms with Crippen LogP contribution in [0.2, 0.25) is 0 Å². The maximum atomic E-state index is 12.3. The molecule has 3 aromatic rings. The van der Waals surface area contributed by atoms with Crippen molar-refractivity contribution in [1.82, 2.24) is 20.2 Å². The van der Waals surface area contributed by atoms with Crippen LogP contribution in [0.25, 0.3) is 5.69 Å². The van der Waals surface area contributed by atoms with Gasteiger partial charge in [0.15, 0.2) is 0 Å². The lowest BCUT2D eigenvalue weighted by atomic mass is 10.2. The first-order valence-electron chi connectivity index (χ1n) is 8.28. The van der Waals surface area contributed by atoms with Crippen molar-refractivity contribution < 1.29 is 9.53 Å². The monoisotopic (exact) mass is 447 g/mol. The van der Waals surface area contributed by atoms with Gasteiger partial charge >= 0.3 is 0 Å². The van der Waals surface area contributed by atoms with Crippen LogP contribution in [0.15, 0.2) is 52.1 Å². The number of carbonyl (C=O) groups excluding carboxylic acids is 1. The van der Waals surface area contributed by atoms with Gasteiger partial charge in [0, 0.05) is 10.2 Å². The summed E-state index contributed by atoms with van der Waals surface area (Å²) < 4.78 is 8.21. The average molecular weight is 448 g/mol. The number of anilines is 1. The van der Waals surface area contributed by atoms with Crippen LogP contribution in [0.5, 0.6) is 5.75 Å². The zero-order valence-corrected chi connectivity index (χ0v) is 17.2.